The van der Waals surface area contributed by atoms with Gasteiger partial charge in [-0.05, 0) is 25.5 Å². The first-order valence-corrected chi connectivity index (χ1v) is 11.9. The highest BCUT2D eigenvalue weighted by molar-refractivity contribution is 7.88. The van der Waals surface area contributed by atoms with Crippen LogP contribution in [0.1, 0.15) is 37.1 Å². The molecule has 0 spiro atoms. The van der Waals surface area contributed by atoms with E-state index in [9.17, 15) is 26.4 Å². The van der Waals surface area contributed by atoms with E-state index in [-0.39, 0.29) is 11.3 Å². The molecule has 1 saturated heterocycles. The molecule has 1 unspecified atom stereocenters. The fraction of sp³-hybridized carbons (Fsp3) is 0.409. The molecule has 1 fully saturated rings. The molecule has 0 radical (unpaired) electrons. The van der Waals surface area contributed by atoms with Crippen molar-refractivity contribution in [3.05, 3.63) is 47.5 Å². The van der Waals surface area contributed by atoms with E-state index in [2.05, 4.69) is 9.50 Å². The lowest BCUT2D eigenvalue weighted by atomic mass is 9.87. The molecule has 36 heavy (non-hydrogen) atoms. The molecule has 2 aliphatic rings. The molecular formula is C22H22F3NO9S. The molecule has 2 aromatic rings. The molecular weight excluding hydrogens is 511 g/mol. The number of halogens is 3. The Kier molecular flexibility index (Phi) is 6.70. The van der Waals surface area contributed by atoms with Crippen LogP contribution in [0.25, 0.3) is 0 Å². The molecule has 2 aliphatic heterocycles. The topological polar surface area (TPSA) is 119 Å². The van der Waals surface area contributed by atoms with Crippen LogP contribution in [0.3, 0.4) is 0 Å². The lowest BCUT2D eigenvalue weighted by Crippen LogP contribution is -2.52. The smallest absolute Gasteiger partial charge is 0.463 e. The summed E-state index contributed by atoms with van der Waals surface area (Å²) in [6.45, 7) is 2.49. The Bertz CT molecular complexity index is 1250. The van der Waals surface area contributed by atoms with E-state index in [1.165, 1.54) is 7.11 Å². The number of cyclic esters (lactones) is 1. The lowest BCUT2D eigenvalue weighted by Gasteiger charge is -2.42. The molecule has 0 amide bonds. The number of alkyl halides is 3. The van der Waals surface area contributed by atoms with Gasteiger partial charge in [-0.1, -0.05) is 30.3 Å². The number of morpholine rings is 1. The minimum Gasteiger partial charge on any atom is -0.463 e. The van der Waals surface area contributed by atoms with Crippen LogP contribution >= 0.6 is 0 Å². The zero-order chi connectivity index (χ0) is 26.3. The molecule has 2 aromatic carbocycles. The van der Waals surface area contributed by atoms with Gasteiger partial charge in [0.15, 0.2) is 18.3 Å². The first-order chi connectivity index (χ1) is 16.9. The van der Waals surface area contributed by atoms with Gasteiger partial charge in [0.25, 0.3) is 0 Å². The van der Waals surface area contributed by atoms with Gasteiger partial charge in [0.1, 0.15) is 11.6 Å². The number of rotatable bonds is 7. The average molecular weight is 533 g/mol. The van der Waals surface area contributed by atoms with Crippen LogP contribution in [-0.2, 0) is 24.4 Å². The number of hydrogen-bond donors (Lipinski definition) is 1. The van der Waals surface area contributed by atoms with E-state index < -0.39 is 70.1 Å². The van der Waals surface area contributed by atoms with Crippen molar-refractivity contribution in [3.8, 4) is 23.0 Å². The van der Waals surface area contributed by atoms with Crippen molar-refractivity contribution in [2.75, 3.05) is 20.7 Å². The molecule has 0 aliphatic carbocycles. The van der Waals surface area contributed by atoms with E-state index in [0.717, 1.165) is 11.6 Å². The van der Waals surface area contributed by atoms with E-state index in [0.29, 0.717) is 0 Å². The zero-order valence-electron chi connectivity index (χ0n) is 19.2. The van der Waals surface area contributed by atoms with Gasteiger partial charge in [-0.2, -0.15) is 21.6 Å². The molecule has 0 saturated carbocycles. The lowest BCUT2D eigenvalue weighted by molar-refractivity contribution is -0.172. The van der Waals surface area contributed by atoms with E-state index in [1.54, 1.807) is 13.8 Å². The summed E-state index contributed by atoms with van der Waals surface area (Å²) in [6, 6.07) is 8.58. The van der Waals surface area contributed by atoms with Crippen LogP contribution < -0.4 is 23.7 Å². The van der Waals surface area contributed by atoms with Crippen molar-refractivity contribution in [2.45, 2.75) is 37.0 Å². The fourth-order valence-electron chi connectivity index (χ4n) is 3.90. The minimum atomic E-state index is -6.09. The van der Waals surface area contributed by atoms with Crippen molar-refractivity contribution in [2.24, 2.45) is 0 Å². The Labute approximate surface area is 204 Å². The average Bonchev–Trinajstić information content (AvgIpc) is 3.28. The second kappa shape index (κ2) is 9.33. The van der Waals surface area contributed by atoms with Crippen LogP contribution in [0.4, 0.5) is 13.2 Å². The summed E-state index contributed by atoms with van der Waals surface area (Å²) in [4.78, 5) is 13.0. The first-order valence-electron chi connectivity index (χ1n) is 10.5. The van der Waals surface area contributed by atoms with Crippen molar-refractivity contribution in [3.63, 3.8) is 0 Å². The first kappa shape index (κ1) is 25.9. The van der Waals surface area contributed by atoms with Crippen LogP contribution in [0, 0.1) is 0 Å². The predicted molar refractivity (Wildman–Crippen MR) is 116 cm³/mol. The number of carbonyl (C=O) groups excluding carboxylic acids is 1. The van der Waals surface area contributed by atoms with Crippen LogP contribution in [0.2, 0.25) is 0 Å². The normalized spacial score (nSPS) is 21.1. The van der Waals surface area contributed by atoms with Gasteiger partial charge in [-0.25, -0.2) is 4.79 Å². The third kappa shape index (κ3) is 4.75. The molecule has 2 heterocycles. The fourth-order valence-corrected chi connectivity index (χ4v) is 4.37. The summed E-state index contributed by atoms with van der Waals surface area (Å²) in [5.74, 6) is -2.78. The van der Waals surface area contributed by atoms with Crippen molar-refractivity contribution >= 4 is 16.1 Å². The number of ether oxygens (including phenoxy) is 5. The summed E-state index contributed by atoms with van der Waals surface area (Å²) in [6.07, 6.45) is 0. The number of hydrogen-bond acceptors (Lipinski definition) is 10. The van der Waals surface area contributed by atoms with Gasteiger partial charge in [0, 0.05) is 12.7 Å². The number of fused-ring (bicyclic) bond motifs is 1. The summed E-state index contributed by atoms with van der Waals surface area (Å²) in [7, 11) is -4.85. The Hall–Kier alpha value is -3.23. The predicted octanol–water partition coefficient (Wildman–Crippen LogP) is 3.33. The maximum atomic E-state index is 13.0. The standard InChI is InChI=1S/C22H22F3NO9S/c1-21(2)19(12-7-5-4-6-8-12)26-15(20(27)34-21)13-9-14(31-10-30-3)17(18-16(13)32-11-33-18)35-36(28,29)22(23,24)25/h4-9,15,19,26H,10-11H2,1-3H3/t15?,19-/m1/s1. The largest absolute Gasteiger partial charge is 0.534 e. The second-order valence-electron chi connectivity index (χ2n) is 8.36. The SMILES string of the molecule is COCOc1cc(C2N[C@H](c3ccccc3)C(C)(C)OC2=O)c2c(c1OS(=O)(=O)C(F)(F)F)OCO2. The summed E-state index contributed by atoms with van der Waals surface area (Å²) in [5.41, 5.74) is -5.80. The number of nitrogens with one attached hydrogen (secondary N) is 1. The maximum absolute atomic E-state index is 13.0. The Balaban J connectivity index is 1.82. The molecule has 4 rings (SSSR count). The minimum absolute atomic E-state index is 0.0757. The van der Waals surface area contributed by atoms with E-state index in [1.807, 2.05) is 30.3 Å². The van der Waals surface area contributed by atoms with Gasteiger partial charge in [-0.15, -0.1) is 0 Å². The Morgan fingerprint density at radius 1 is 1.14 bits per heavy atom. The number of esters is 1. The Morgan fingerprint density at radius 2 is 1.81 bits per heavy atom. The summed E-state index contributed by atoms with van der Waals surface area (Å²) in [5, 5.41) is 3.20. The summed E-state index contributed by atoms with van der Waals surface area (Å²) < 4.78 is 93.4. The zero-order valence-corrected chi connectivity index (χ0v) is 20.1. The maximum Gasteiger partial charge on any atom is 0.534 e. The molecule has 2 atom stereocenters. The van der Waals surface area contributed by atoms with Gasteiger partial charge in [0.05, 0.1) is 6.04 Å². The molecule has 10 nitrogen and oxygen atoms in total. The van der Waals surface area contributed by atoms with Gasteiger partial charge >= 0.3 is 21.6 Å². The highest BCUT2D eigenvalue weighted by Gasteiger charge is 2.51. The number of carbonyl (C=O) groups is 1. The van der Waals surface area contributed by atoms with Crippen molar-refractivity contribution in [1.82, 2.24) is 5.32 Å². The molecule has 14 heteroatoms. The third-order valence-corrected chi connectivity index (χ3v) is 6.43. The number of methoxy groups -OCH3 is 1. The highest BCUT2D eigenvalue weighted by atomic mass is 32.2. The van der Waals surface area contributed by atoms with Gasteiger partial charge < -0.3 is 27.9 Å². The monoisotopic (exact) mass is 533 g/mol. The van der Waals surface area contributed by atoms with Crippen LogP contribution in [-0.4, -0.2) is 46.2 Å². The van der Waals surface area contributed by atoms with E-state index in [4.69, 9.17) is 23.7 Å². The molecule has 0 aromatic heterocycles. The van der Waals surface area contributed by atoms with Crippen LogP contribution in [0.5, 0.6) is 23.0 Å². The van der Waals surface area contributed by atoms with Crippen molar-refractivity contribution in [1.29, 1.82) is 0 Å². The number of benzene rings is 2. The molecule has 1 N–H and O–H groups in total. The van der Waals surface area contributed by atoms with Gasteiger partial charge in [-0.3, -0.25) is 5.32 Å². The van der Waals surface area contributed by atoms with Crippen LogP contribution in [0.15, 0.2) is 36.4 Å². The molecule has 196 valence electrons. The Morgan fingerprint density at radius 3 is 2.44 bits per heavy atom. The highest BCUT2D eigenvalue weighted by Crippen LogP contribution is 2.53. The van der Waals surface area contributed by atoms with Gasteiger partial charge in [0.2, 0.25) is 18.3 Å². The quantitative estimate of drug-likeness (QED) is 0.246. The summed E-state index contributed by atoms with van der Waals surface area (Å²) >= 11 is 0. The van der Waals surface area contributed by atoms with Crippen molar-refractivity contribution < 1.29 is 54.3 Å². The third-order valence-electron chi connectivity index (χ3n) is 5.47. The molecule has 0 bridgehead atoms. The van der Waals surface area contributed by atoms with E-state index >= 15 is 0 Å². The second-order valence-corrected chi connectivity index (χ2v) is 9.90.